The van der Waals surface area contributed by atoms with Gasteiger partial charge in [0.2, 0.25) is 0 Å². The fourth-order valence-electron chi connectivity index (χ4n) is 2.25. The Labute approximate surface area is 86.1 Å². The van der Waals surface area contributed by atoms with E-state index in [1.165, 1.54) is 16.8 Å². The zero-order valence-electron chi connectivity index (χ0n) is 9.12. The Bertz CT molecular complexity index is 365. The summed E-state index contributed by atoms with van der Waals surface area (Å²) in [6.45, 7) is 5.52. The first kappa shape index (κ1) is 9.32. The number of para-hydroxylation sites is 1. The van der Waals surface area contributed by atoms with Crippen molar-refractivity contribution < 1.29 is 0 Å². The van der Waals surface area contributed by atoms with Crippen LogP contribution in [0.1, 0.15) is 25.3 Å². The second kappa shape index (κ2) is 3.49. The number of anilines is 1. The lowest BCUT2D eigenvalue weighted by molar-refractivity contribution is 0.964. The minimum Gasteiger partial charge on any atom is -0.370 e. The van der Waals surface area contributed by atoms with Crippen LogP contribution in [0.2, 0.25) is 0 Å². The van der Waals surface area contributed by atoms with Crippen LogP contribution in [0.3, 0.4) is 0 Å². The van der Waals surface area contributed by atoms with Crippen LogP contribution in [0.5, 0.6) is 0 Å². The van der Waals surface area contributed by atoms with E-state index in [4.69, 9.17) is 0 Å². The van der Waals surface area contributed by atoms with Gasteiger partial charge < -0.3 is 4.90 Å². The third kappa shape index (κ3) is 1.54. The van der Waals surface area contributed by atoms with Gasteiger partial charge >= 0.3 is 0 Å². The van der Waals surface area contributed by atoms with Crippen molar-refractivity contribution in [1.29, 1.82) is 0 Å². The molecule has 1 atom stereocenters. The second-order valence-electron chi connectivity index (χ2n) is 4.22. The SMILES string of the molecule is CC1=CC(C)c2ccccc2N(C)C1. The summed E-state index contributed by atoms with van der Waals surface area (Å²) in [5.74, 6) is 0.538. The molecule has 0 aromatic heterocycles. The summed E-state index contributed by atoms with van der Waals surface area (Å²) >= 11 is 0. The summed E-state index contributed by atoms with van der Waals surface area (Å²) in [6.07, 6.45) is 2.36. The van der Waals surface area contributed by atoms with Gasteiger partial charge in [0.05, 0.1) is 0 Å². The molecule has 1 heterocycles. The molecule has 0 fully saturated rings. The van der Waals surface area contributed by atoms with Gasteiger partial charge in [-0.3, -0.25) is 0 Å². The van der Waals surface area contributed by atoms with E-state index in [2.05, 4.69) is 56.1 Å². The lowest BCUT2D eigenvalue weighted by Gasteiger charge is -2.20. The summed E-state index contributed by atoms with van der Waals surface area (Å²) in [6, 6.07) is 8.67. The van der Waals surface area contributed by atoms with E-state index in [1.54, 1.807) is 0 Å². The van der Waals surface area contributed by atoms with Crippen LogP contribution in [0, 0.1) is 0 Å². The Balaban J connectivity index is 2.51. The van der Waals surface area contributed by atoms with Gasteiger partial charge in [-0.25, -0.2) is 0 Å². The molecule has 1 aliphatic rings. The third-order valence-corrected chi connectivity index (χ3v) is 2.86. The molecule has 74 valence electrons. The summed E-state index contributed by atoms with van der Waals surface area (Å²) in [5, 5.41) is 0. The van der Waals surface area contributed by atoms with Crippen LogP contribution in [-0.2, 0) is 0 Å². The lowest BCUT2D eigenvalue weighted by Crippen LogP contribution is -2.18. The first-order valence-corrected chi connectivity index (χ1v) is 5.16. The number of rotatable bonds is 0. The standard InChI is InChI=1S/C13H17N/c1-10-8-11(2)12-6-4-5-7-13(12)14(3)9-10/h4-8,11H,9H2,1-3H3. The highest BCUT2D eigenvalue weighted by atomic mass is 15.1. The van der Waals surface area contributed by atoms with Crippen molar-refractivity contribution in [3.05, 3.63) is 41.5 Å². The maximum Gasteiger partial charge on any atom is 0.0405 e. The molecule has 1 heteroatoms. The van der Waals surface area contributed by atoms with E-state index in [-0.39, 0.29) is 0 Å². The highest BCUT2D eigenvalue weighted by molar-refractivity contribution is 5.57. The molecule has 1 unspecified atom stereocenters. The van der Waals surface area contributed by atoms with Gasteiger partial charge in [-0.15, -0.1) is 0 Å². The monoisotopic (exact) mass is 187 g/mol. The predicted molar refractivity (Wildman–Crippen MR) is 61.9 cm³/mol. The summed E-state index contributed by atoms with van der Waals surface area (Å²) in [4.78, 5) is 2.32. The molecule has 0 amide bonds. The van der Waals surface area contributed by atoms with Gasteiger partial charge in [0.15, 0.2) is 0 Å². The maximum atomic E-state index is 2.36. The number of fused-ring (bicyclic) bond motifs is 1. The zero-order chi connectivity index (χ0) is 10.1. The molecule has 1 nitrogen and oxygen atoms in total. The van der Waals surface area contributed by atoms with Crippen molar-refractivity contribution in [2.24, 2.45) is 0 Å². The summed E-state index contributed by atoms with van der Waals surface area (Å²) in [7, 11) is 2.16. The van der Waals surface area contributed by atoms with Gasteiger partial charge in [0, 0.05) is 25.2 Å². The molecular weight excluding hydrogens is 170 g/mol. The highest BCUT2D eigenvalue weighted by Gasteiger charge is 2.15. The zero-order valence-corrected chi connectivity index (χ0v) is 9.12. The quantitative estimate of drug-likeness (QED) is 0.564. The minimum atomic E-state index is 0.538. The normalized spacial score (nSPS) is 21.2. The minimum absolute atomic E-state index is 0.538. The van der Waals surface area contributed by atoms with Gasteiger partial charge in [-0.2, -0.15) is 0 Å². The fraction of sp³-hybridized carbons (Fsp3) is 0.385. The molecular formula is C13H17N. The van der Waals surface area contributed by atoms with Gasteiger partial charge in [-0.05, 0) is 18.6 Å². The Morgan fingerprint density at radius 1 is 1.29 bits per heavy atom. The maximum absolute atomic E-state index is 2.36. The number of hydrogen-bond donors (Lipinski definition) is 0. The van der Waals surface area contributed by atoms with E-state index in [0.717, 1.165) is 6.54 Å². The van der Waals surface area contributed by atoms with Crippen molar-refractivity contribution in [2.45, 2.75) is 19.8 Å². The first-order chi connectivity index (χ1) is 6.68. The van der Waals surface area contributed by atoms with Crippen LogP contribution in [0.4, 0.5) is 5.69 Å². The molecule has 0 spiro atoms. The molecule has 0 bridgehead atoms. The number of nitrogens with zero attached hydrogens (tertiary/aromatic N) is 1. The van der Waals surface area contributed by atoms with E-state index in [0.29, 0.717) is 5.92 Å². The van der Waals surface area contributed by atoms with E-state index in [9.17, 15) is 0 Å². The Morgan fingerprint density at radius 3 is 2.79 bits per heavy atom. The first-order valence-electron chi connectivity index (χ1n) is 5.16. The largest absolute Gasteiger partial charge is 0.370 e. The van der Waals surface area contributed by atoms with Gasteiger partial charge in [0.1, 0.15) is 0 Å². The number of likely N-dealkylation sites (N-methyl/N-ethyl adjacent to an activating group) is 1. The number of hydrogen-bond acceptors (Lipinski definition) is 1. The molecule has 1 aliphatic heterocycles. The summed E-state index contributed by atoms with van der Waals surface area (Å²) in [5.41, 5.74) is 4.26. The molecule has 1 aromatic rings. The fourth-order valence-corrected chi connectivity index (χ4v) is 2.25. The Hall–Kier alpha value is -1.24. The molecule has 1 aromatic carbocycles. The molecule has 0 saturated heterocycles. The Kier molecular flexibility index (Phi) is 2.32. The lowest BCUT2D eigenvalue weighted by atomic mass is 9.98. The van der Waals surface area contributed by atoms with Gasteiger partial charge in [0.25, 0.3) is 0 Å². The molecule has 14 heavy (non-hydrogen) atoms. The molecule has 0 N–H and O–H groups in total. The molecule has 0 radical (unpaired) electrons. The highest BCUT2D eigenvalue weighted by Crippen LogP contribution is 2.31. The molecule has 0 saturated carbocycles. The average molecular weight is 187 g/mol. The molecule has 2 rings (SSSR count). The van der Waals surface area contributed by atoms with E-state index < -0.39 is 0 Å². The Morgan fingerprint density at radius 2 is 2.00 bits per heavy atom. The van der Waals surface area contributed by atoms with Gasteiger partial charge in [-0.1, -0.05) is 36.8 Å². The van der Waals surface area contributed by atoms with Crippen LogP contribution in [0.25, 0.3) is 0 Å². The number of benzene rings is 1. The number of allylic oxidation sites excluding steroid dienone is 1. The molecule has 0 aliphatic carbocycles. The van der Waals surface area contributed by atoms with Crippen LogP contribution in [0.15, 0.2) is 35.9 Å². The van der Waals surface area contributed by atoms with Crippen LogP contribution < -0.4 is 4.90 Å². The van der Waals surface area contributed by atoms with Crippen molar-refractivity contribution in [3.8, 4) is 0 Å². The van der Waals surface area contributed by atoms with E-state index in [1.807, 2.05) is 0 Å². The van der Waals surface area contributed by atoms with Crippen LogP contribution >= 0.6 is 0 Å². The van der Waals surface area contributed by atoms with E-state index >= 15 is 0 Å². The van der Waals surface area contributed by atoms with Crippen molar-refractivity contribution in [1.82, 2.24) is 0 Å². The smallest absolute Gasteiger partial charge is 0.0405 e. The second-order valence-corrected chi connectivity index (χ2v) is 4.22. The van der Waals surface area contributed by atoms with Crippen molar-refractivity contribution in [3.63, 3.8) is 0 Å². The van der Waals surface area contributed by atoms with Crippen LogP contribution in [-0.4, -0.2) is 13.6 Å². The summed E-state index contributed by atoms with van der Waals surface area (Å²) < 4.78 is 0. The predicted octanol–water partition coefficient (Wildman–Crippen LogP) is 3.19. The topological polar surface area (TPSA) is 3.24 Å². The van der Waals surface area contributed by atoms with Crippen molar-refractivity contribution in [2.75, 3.05) is 18.5 Å². The average Bonchev–Trinajstić information content (AvgIpc) is 2.26. The third-order valence-electron chi connectivity index (χ3n) is 2.86. The van der Waals surface area contributed by atoms with Crippen molar-refractivity contribution >= 4 is 5.69 Å².